The average molecular weight is 285 g/mol. The van der Waals surface area contributed by atoms with Gasteiger partial charge in [0.05, 0.1) is 11.6 Å². The molecule has 5 nitrogen and oxygen atoms in total. The van der Waals surface area contributed by atoms with Crippen molar-refractivity contribution in [1.82, 2.24) is 4.90 Å². The van der Waals surface area contributed by atoms with Crippen molar-refractivity contribution in [2.24, 2.45) is 0 Å². The molecule has 1 heterocycles. The molecular formula is C13H13F2NO4. The zero-order chi connectivity index (χ0) is 15.1. The van der Waals surface area contributed by atoms with Gasteiger partial charge in [0, 0.05) is 0 Å². The molecular weight excluding hydrogens is 272 g/mol. The van der Waals surface area contributed by atoms with Crippen LogP contribution in [0.1, 0.15) is 25.5 Å². The van der Waals surface area contributed by atoms with Gasteiger partial charge in [-0.3, -0.25) is 4.79 Å². The molecule has 1 aliphatic rings. The molecule has 108 valence electrons. The first-order chi connectivity index (χ1) is 9.24. The molecule has 2 amide bonds. The second-order valence-corrected chi connectivity index (χ2v) is 5.01. The maximum atomic E-state index is 13.3. The zero-order valence-corrected chi connectivity index (χ0v) is 10.9. The van der Waals surface area contributed by atoms with Gasteiger partial charge in [0.25, 0.3) is 5.91 Å². The van der Waals surface area contributed by atoms with Crippen molar-refractivity contribution in [3.05, 3.63) is 35.4 Å². The van der Waals surface area contributed by atoms with Gasteiger partial charge in [-0.15, -0.1) is 0 Å². The van der Waals surface area contributed by atoms with Gasteiger partial charge in [-0.1, -0.05) is 6.07 Å². The Hall–Kier alpha value is -2.02. The van der Waals surface area contributed by atoms with E-state index in [-0.39, 0.29) is 12.2 Å². The van der Waals surface area contributed by atoms with Crippen molar-refractivity contribution in [3.8, 4) is 0 Å². The lowest BCUT2D eigenvalue weighted by atomic mass is 9.88. The van der Waals surface area contributed by atoms with E-state index in [1.165, 1.54) is 6.07 Å². The Balaban J connectivity index is 2.53. The molecule has 1 fully saturated rings. The Morgan fingerprint density at radius 1 is 1.40 bits per heavy atom. The van der Waals surface area contributed by atoms with Crippen molar-refractivity contribution >= 4 is 12.0 Å². The van der Waals surface area contributed by atoms with Crippen LogP contribution in [0.5, 0.6) is 0 Å². The summed E-state index contributed by atoms with van der Waals surface area (Å²) in [7, 11) is 0. The maximum Gasteiger partial charge on any atom is 0.414 e. The molecule has 0 aliphatic carbocycles. The molecule has 2 rings (SSSR count). The number of hydrogen-bond acceptors (Lipinski definition) is 3. The van der Waals surface area contributed by atoms with Gasteiger partial charge in [-0.2, -0.15) is 0 Å². The number of halogens is 2. The fourth-order valence-corrected chi connectivity index (χ4v) is 2.30. The fourth-order valence-electron chi connectivity index (χ4n) is 2.30. The number of nitrogens with zero attached hydrogens (tertiary/aromatic N) is 1. The van der Waals surface area contributed by atoms with Crippen LogP contribution in [-0.4, -0.2) is 34.2 Å². The molecule has 1 unspecified atom stereocenters. The molecule has 1 N–H and O–H groups in total. The molecule has 1 saturated heterocycles. The number of ether oxygens (including phenoxy) is 1. The number of amides is 2. The lowest BCUT2D eigenvalue weighted by Gasteiger charge is -2.43. The summed E-state index contributed by atoms with van der Waals surface area (Å²) >= 11 is 0. The molecule has 1 atom stereocenters. The van der Waals surface area contributed by atoms with Gasteiger partial charge < -0.3 is 9.84 Å². The van der Waals surface area contributed by atoms with E-state index in [1.807, 2.05) is 0 Å². The smallest absolute Gasteiger partial charge is 0.414 e. The Kier molecular flexibility index (Phi) is 3.47. The predicted octanol–water partition coefficient (Wildman–Crippen LogP) is 2.32. The number of morpholine rings is 1. The fraction of sp³-hybridized carbons (Fsp3) is 0.385. The van der Waals surface area contributed by atoms with E-state index in [4.69, 9.17) is 4.74 Å². The zero-order valence-electron chi connectivity index (χ0n) is 10.9. The van der Waals surface area contributed by atoms with E-state index in [0.717, 1.165) is 12.1 Å². The van der Waals surface area contributed by atoms with Gasteiger partial charge in [-0.25, -0.2) is 18.5 Å². The first-order valence-corrected chi connectivity index (χ1v) is 5.88. The van der Waals surface area contributed by atoms with Crippen molar-refractivity contribution in [2.75, 3.05) is 6.61 Å². The third-order valence-corrected chi connectivity index (χ3v) is 3.22. The number of rotatable bonds is 1. The summed E-state index contributed by atoms with van der Waals surface area (Å²) in [6.07, 6.45) is -1.46. The van der Waals surface area contributed by atoms with Crippen LogP contribution in [0.2, 0.25) is 0 Å². The average Bonchev–Trinajstić information content (AvgIpc) is 2.35. The molecule has 1 aromatic rings. The summed E-state index contributed by atoms with van der Waals surface area (Å²) in [5.74, 6) is -2.90. The standard InChI is InChI=1S/C13H13F2NO4/c1-13(2)11(7-3-4-8(14)9(15)5-7)16(12(18)19)10(17)6-20-13/h3-5,11H,6H2,1-2H3,(H,18,19). The number of carbonyl (C=O) groups is 2. The predicted molar refractivity (Wildman–Crippen MR) is 64.0 cm³/mol. The van der Waals surface area contributed by atoms with Crippen LogP contribution in [0.3, 0.4) is 0 Å². The molecule has 7 heteroatoms. The van der Waals surface area contributed by atoms with Crippen molar-refractivity contribution in [2.45, 2.75) is 25.5 Å². The van der Waals surface area contributed by atoms with E-state index in [2.05, 4.69) is 0 Å². The second-order valence-electron chi connectivity index (χ2n) is 5.01. The second kappa shape index (κ2) is 4.82. The SMILES string of the molecule is CC1(C)OCC(=O)N(C(=O)O)C1c1ccc(F)c(F)c1. The highest BCUT2D eigenvalue weighted by molar-refractivity contribution is 5.93. The van der Waals surface area contributed by atoms with E-state index in [0.29, 0.717) is 4.90 Å². The van der Waals surface area contributed by atoms with Crippen molar-refractivity contribution in [3.63, 3.8) is 0 Å². The monoisotopic (exact) mass is 285 g/mol. The van der Waals surface area contributed by atoms with E-state index < -0.39 is 35.3 Å². The van der Waals surface area contributed by atoms with Gasteiger partial charge in [0.15, 0.2) is 11.6 Å². The summed E-state index contributed by atoms with van der Waals surface area (Å²) in [6.45, 7) is 2.79. The molecule has 0 aromatic heterocycles. The minimum atomic E-state index is -1.46. The van der Waals surface area contributed by atoms with E-state index in [9.17, 15) is 23.5 Å². The largest absolute Gasteiger partial charge is 0.465 e. The molecule has 0 bridgehead atoms. The van der Waals surface area contributed by atoms with Crippen LogP contribution in [0.4, 0.5) is 13.6 Å². The normalized spacial score (nSPS) is 21.9. The number of carbonyl (C=O) groups excluding carboxylic acids is 1. The number of carboxylic acid groups (broad SMARTS) is 1. The Labute approximate surface area is 113 Å². The number of imide groups is 1. The summed E-state index contributed by atoms with van der Waals surface area (Å²) in [6, 6.07) is 1.96. The van der Waals surface area contributed by atoms with Crippen LogP contribution in [0, 0.1) is 11.6 Å². The lowest BCUT2D eigenvalue weighted by Crippen LogP contribution is -2.55. The van der Waals surface area contributed by atoms with Gasteiger partial charge >= 0.3 is 6.09 Å². The van der Waals surface area contributed by atoms with Crippen LogP contribution in [0.25, 0.3) is 0 Å². The molecule has 0 spiro atoms. The highest BCUT2D eigenvalue weighted by atomic mass is 19.2. The molecule has 1 aromatic carbocycles. The van der Waals surface area contributed by atoms with E-state index >= 15 is 0 Å². The van der Waals surface area contributed by atoms with Crippen LogP contribution in [-0.2, 0) is 9.53 Å². The van der Waals surface area contributed by atoms with Gasteiger partial charge in [0.1, 0.15) is 6.61 Å². The maximum absolute atomic E-state index is 13.3. The summed E-state index contributed by atoms with van der Waals surface area (Å²) in [4.78, 5) is 23.6. The van der Waals surface area contributed by atoms with Gasteiger partial charge in [0.2, 0.25) is 0 Å². The third kappa shape index (κ3) is 2.36. The highest BCUT2D eigenvalue weighted by Gasteiger charge is 2.46. The Bertz CT molecular complexity index is 573. The summed E-state index contributed by atoms with van der Waals surface area (Å²) in [5, 5.41) is 9.18. The van der Waals surface area contributed by atoms with Crippen LogP contribution < -0.4 is 0 Å². The number of hydrogen-bond donors (Lipinski definition) is 1. The first kappa shape index (κ1) is 14.4. The Morgan fingerprint density at radius 2 is 2.05 bits per heavy atom. The topological polar surface area (TPSA) is 66.8 Å². The summed E-state index contributed by atoms with van der Waals surface area (Å²) in [5.41, 5.74) is -0.888. The van der Waals surface area contributed by atoms with Crippen LogP contribution >= 0.6 is 0 Å². The highest BCUT2D eigenvalue weighted by Crippen LogP contribution is 2.38. The lowest BCUT2D eigenvalue weighted by molar-refractivity contribution is -0.167. The van der Waals surface area contributed by atoms with Crippen LogP contribution in [0.15, 0.2) is 18.2 Å². The van der Waals surface area contributed by atoms with Crippen molar-refractivity contribution in [1.29, 1.82) is 0 Å². The molecule has 20 heavy (non-hydrogen) atoms. The van der Waals surface area contributed by atoms with Gasteiger partial charge in [-0.05, 0) is 31.5 Å². The first-order valence-electron chi connectivity index (χ1n) is 5.88. The third-order valence-electron chi connectivity index (χ3n) is 3.22. The quantitative estimate of drug-likeness (QED) is 0.860. The Morgan fingerprint density at radius 3 is 2.60 bits per heavy atom. The molecule has 0 radical (unpaired) electrons. The molecule has 0 saturated carbocycles. The number of benzene rings is 1. The summed E-state index contributed by atoms with van der Waals surface area (Å²) < 4.78 is 31.7. The minimum Gasteiger partial charge on any atom is -0.465 e. The van der Waals surface area contributed by atoms with Crippen molar-refractivity contribution < 1.29 is 28.2 Å². The van der Waals surface area contributed by atoms with E-state index in [1.54, 1.807) is 13.8 Å². The minimum absolute atomic E-state index is 0.157. The molecule has 1 aliphatic heterocycles.